The minimum atomic E-state index is -0.748. The van der Waals surface area contributed by atoms with Crippen molar-refractivity contribution < 1.29 is 24.2 Å². The molecule has 0 bridgehead atoms. The molecule has 25 heavy (non-hydrogen) atoms. The molecule has 0 aromatic rings. The number of hydrogen-bond donors (Lipinski definition) is 1. The lowest BCUT2D eigenvalue weighted by atomic mass is 9.53. The summed E-state index contributed by atoms with van der Waals surface area (Å²) in [6.07, 6.45) is 3.06. The van der Waals surface area contributed by atoms with Crippen molar-refractivity contribution in [3.63, 3.8) is 0 Å². The molecule has 5 nitrogen and oxygen atoms in total. The summed E-state index contributed by atoms with van der Waals surface area (Å²) in [5.41, 5.74) is 0.887. The Kier molecular flexibility index (Phi) is 4.56. The van der Waals surface area contributed by atoms with Crippen LogP contribution in [0.15, 0.2) is 23.0 Å². The topological polar surface area (TPSA) is 72.8 Å². The molecular weight excluding hydrogens is 320 g/mol. The van der Waals surface area contributed by atoms with Crippen LogP contribution < -0.4 is 0 Å². The van der Waals surface area contributed by atoms with Crippen LogP contribution in [-0.2, 0) is 19.1 Å². The molecule has 1 N–H and O–H groups in total. The molecule has 1 heterocycles. The van der Waals surface area contributed by atoms with E-state index in [1.54, 1.807) is 19.9 Å². The van der Waals surface area contributed by atoms with E-state index in [1.807, 2.05) is 13.8 Å². The molecule has 3 rings (SSSR count). The van der Waals surface area contributed by atoms with E-state index in [9.17, 15) is 14.7 Å². The van der Waals surface area contributed by atoms with E-state index in [2.05, 4.69) is 6.92 Å². The van der Waals surface area contributed by atoms with Crippen LogP contribution >= 0.6 is 0 Å². The lowest BCUT2D eigenvalue weighted by Crippen LogP contribution is -2.55. The fraction of sp³-hybridized carbons (Fsp3) is 0.700. The van der Waals surface area contributed by atoms with E-state index in [1.165, 1.54) is 0 Å². The number of rotatable bonds is 2. The van der Waals surface area contributed by atoms with Gasteiger partial charge in [0.2, 0.25) is 0 Å². The summed E-state index contributed by atoms with van der Waals surface area (Å²) in [5.74, 6) is -0.0908. The van der Waals surface area contributed by atoms with Crippen LogP contribution in [0.3, 0.4) is 0 Å². The predicted octanol–water partition coefficient (Wildman–Crippen LogP) is 3.13. The van der Waals surface area contributed by atoms with Gasteiger partial charge in [-0.15, -0.1) is 0 Å². The molecule has 6 atom stereocenters. The Morgan fingerprint density at radius 2 is 2.04 bits per heavy atom. The molecule has 5 heteroatoms. The summed E-state index contributed by atoms with van der Waals surface area (Å²) >= 11 is 0. The Balaban J connectivity index is 1.87. The van der Waals surface area contributed by atoms with Crippen LogP contribution in [0.4, 0.5) is 0 Å². The molecule has 0 spiro atoms. The zero-order chi connectivity index (χ0) is 18.5. The Hall–Kier alpha value is -1.62. The molecule has 1 fully saturated rings. The summed E-state index contributed by atoms with van der Waals surface area (Å²) in [5, 5.41) is 11.2. The van der Waals surface area contributed by atoms with E-state index in [0.29, 0.717) is 17.8 Å². The van der Waals surface area contributed by atoms with E-state index in [-0.39, 0.29) is 29.9 Å². The number of aliphatic hydroxyl groups excluding tert-OH is 1. The van der Waals surface area contributed by atoms with Crippen molar-refractivity contribution in [1.29, 1.82) is 0 Å². The Morgan fingerprint density at radius 1 is 1.36 bits per heavy atom. The quantitative estimate of drug-likeness (QED) is 0.613. The third-order valence-electron chi connectivity index (χ3n) is 6.91. The van der Waals surface area contributed by atoms with Gasteiger partial charge in [-0.1, -0.05) is 19.9 Å². The predicted molar refractivity (Wildman–Crippen MR) is 92.2 cm³/mol. The number of allylic oxidation sites excluding steroid dienone is 2. The normalized spacial score (nSPS) is 41.1. The third-order valence-corrected chi connectivity index (χ3v) is 6.91. The summed E-state index contributed by atoms with van der Waals surface area (Å²) in [6.45, 7) is 9.46. The van der Waals surface area contributed by atoms with Gasteiger partial charge in [-0.2, -0.15) is 0 Å². The summed E-state index contributed by atoms with van der Waals surface area (Å²) in [4.78, 5) is 24.1. The van der Waals surface area contributed by atoms with Crippen LogP contribution in [0.2, 0.25) is 0 Å². The van der Waals surface area contributed by atoms with Crippen LogP contribution in [-0.4, -0.2) is 29.3 Å². The first-order valence-corrected chi connectivity index (χ1v) is 9.18. The maximum absolute atomic E-state index is 12.2. The second kappa shape index (κ2) is 6.27. The minimum absolute atomic E-state index is 0.00759. The van der Waals surface area contributed by atoms with Crippen molar-refractivity contribution in [2.45, 2.75) is 66.1 Å². The molecule has 0 amide bonds. The summed E-state index contributed by atoms with van der Waals surface area (Å²) in [7, 11) is 0. The number of fused-ring (bicyclic) bond motifs is 1. The Labute approximate surface area is 149 Å². The highest BCUT2D eigenvalue weighted by Crippen LogP contribution is 2.57. The maximum Gasteiger partial charge on any atom is 0.333 e. The fourth-order valence-corrected chi connectivity index (χ4v) is 4.75. The summed E-state index contributed by atoms with van der Waals surface area (Å²) < 4.78 is 11.1. The fourth-order valence-electron chi connectivity index (χ4n) is 4.75. The number of carbonyl (C=O) groups is 2. The van der Waals surface area contributed by atoms with Crippen molar-refractivity contribution >= 4 is 11.9 Å². The maximum atomic E-state index is 12.2. The SMILES string of the molecule is CC=C(C)C(=O)OC1CCC2CC3=C(C(C)C(=O)O3)C(O)C2(C)C1C. The number of aliphatic hydroxyl groups is 1. The average molecular weight is 348 g/mol. The first-order valence-electron chi connectivity index (χ1n) is 9.18. The molecule has 0 radical (unpaired) electrons. The van der Waals surface area contributed by atoms with Gasteiger partial charge in [-0.25, -0.2) is 4.79 Å². The number of hydrogen-bond acceptors (Lipinski definition) is 5. The third kappa shape index (κ3) is 2.64. The van der Waals surface area contributed by atoms with Gasteiger partial charge in [0, 0.05) is 28.9 Å². The van der Waals surface area contributed by atoms with Crippen molar-refractivity contribution in [1.82, 2.24) is 0 Å². The van der Waals surface area contributed by atoms with Crippen molar-refractivity contribution in [2.75, 3.05) is 0 Å². The average Bonchev–Trinajstić information content (AvgIpc) is 2.86. The number of carbonyl (C=O) groups excluding carboxylic acids is 2. The van der Waals surface area contributed by atoms with E-state index in [0.717, 1.165) is 18.4 Å². The van der Waals surface area contributed by atoms with Crippen molar-refractivity contribution in [3.05, 3.63) is 23.0 Å². The first kappa shape index (κ1) is 18.2. The van der Waals surface area contributed by atoms with Gasteiger partial charge in [-0.05, 0) is 39.5 Å². The lowest BCUT2D eigenvalue weighted by Gasteiger charge is -2.54. The highest BCUT2D eigenvalue weighted by molar-refractivity contribution is 5.87. The molecule has 2 aliphatic carbocycles. The molecule has 0 aromatic carbocycles. The monoisotopic (exact) mass is 348 g/mol. The largest absolute Gasteiger partial charge is 0.459 e. The lowest BCUT2D eigenvalue weighted by molar-refractivity contribution is -0.164. The number of esters is 2. The zero-order valence-corrected chi connectivity index (χ0v) is 15.7. The Morgan fingerprint density at radius 3 is 2.68 bits per heavy atom. The van der Waals surface area contributed by atoms with Crippen LogP contribution in [0.1, 0.15) is 53.9 Å². The molecule has 6 unspecified atom stereocenters. The highest BCUT2D eigenvalue weighted by Gasteiger charge is 2.58. The molecule has 0 saturated heterocycles. The van der Waals surface area contributed by atoms with Crippen LogP contribution in [0.25, 0.3) is 0 Å². The van der Waals surface area contributed by atoms with Gasteiger partial charge >= 0.3 is 11.9 Å². The van der Waals surface area contributed by atoms with E-state index >= 15 is 0 Å². The van der Waals surface area contributed by atoms with Crippen molar-refractivity contribution in [2.24, 2.45) is 23.2 Å². The molecular formula is C20H28O5. The van der Waals surface area contributed by atoms with E-state index in [4.69, 9.17) is 9.47 Å². The summed E-state index contributed by atoms with van der Waals surface area (Å²) in [6, 6.07) is 0. The molecule has 1 saturated carbocycles. The molecule has 0 aromatic heterocycles. The van der Waals surface area contributed by atoms with Gasteiger partial charge < -0.3 is 14.6 Å². The zero-order valence-electron chi connectivity index (χ0n) is 15.7. The molecule has 3 aliphatic rings. The standard InChI is InChI=1S/C20H28O5/c1-6-10(2)18(22)24-14-8-7-13-9-15-16(11(3)19(23)25-15)17(21)20(13,5)12(14)4/h6,11-14,17,21H,7-9H2,1-5H3. The highest BCUT2D eigenvalue weighted by atomic mass is 16.5. The van der Waals surface area contributed by atoms with Crippen LogP contribution in [0, 0.1) is 23.2 Å². The van der Waals surface area contributed by atoms with Gasteiger partial charge in [0.25, 0.3) is 0 Å². The van der Waals surface area contributed by atoms with Gasteiger partial charge in [0.1, 0.15) is 11.9 Å². The van der Waals surface area contributed by atoms with Crippen LogP contribution in [0.5, 0.6) is 0 Å². The number of ether oxygens (including phenoxy) is 2. The Bertz CT molecular complexity index is 661. The second-order valence-electron chi connectivity index (χ2n) is 7.97. The van der Waals surface area contributed by atoms with E-state index < -0.39 is 17.4 Å². The minimum Gasteiger partial charge on any atom is -0.459 e. The van der Waals surface area contributed by atoms with Gasteiger partial charge in [0.15, 0.2) is 0 Å². The smallest absolute Gasteiger partial charge is 0.333 e. The first-order chi connectivity index (χ1) is 11.7. The van der Waals surface area contributed by atoms with Crippen molar-refractivity contribution in [3.8, 4) is 0 Å². The van der Waals surface area contributed by atoms with Gasteiger partial charge in [0.05, 0.1) is 12.0 Å². The van der Waals surface area contributed by atoms with Gasteiger partial charge in [-0.3, -0.25) is 4.79 Å². The molecule has 138 valence electrons. The second-order valence-corrected chi connectivity index (χ2v) is 7.97. The molecule has 1 aliphatic heterocycles.